The zero-order chi connectivity index (χ0) is 48.8. The van der Waals surface area contributed by atoms with Gasteiger partial charge >= 0.3 is 5.97 Å². The van der Waals surface area contributed by atoms with Crippen LogP contribution in [0.3, 0.4) is 0 Å². The standard InChI is InChI=1S/C61H105NO5/c1-4-7-10-13-16-19-22-25-28-29-30-31-33-36-39-42-45-48-51-54-61(66)67-57(52-49-46-43-40-37-34-32-26-23-20-17-14-11-8-5-2)55-60(65)62-58(56-63)59(64)53-50-47-44-41-38-35-27-24-21-18-15-12-9-6-3/h16-17,19-20,25-26,28,30-32,36-37,39-40,46,49,57-59,63-64H,4-15,18,21-24,27,29,33-35,38,41-45,47-48,50-56H2,1-3H3,(H,62,65)/b19-16-,20-17-,28-25-,31-30-,32-26-,39-36-,40-37-,49-46-. The van der Waals surface area contributed by atoms with Crippen LogP contribution >= 0.6 is 0 Å². The maximum Gasteiger partial charge on any atom is 0.306 e. The van der Waals surface area contributed by atoms with Gasteiger partial charge in [0.05, 0.1) is 25.2 Å². The van der Waals surface area contributed by atoms with Gasteiger partial charge in [0.1, 0.15) is 6.10 Å². The van der Waals surface area contributed by atoms with Gasteiger partial charge in [0.25, 0.3) is 0 Å². The molecule has 0 fully saturated rings. The smallest absolute Gasteiger partial charge is 0.306 e. The van der Waals surface area contributed by atoms with E-state index in [2.05, 4.69) is 111 Å². The first kappa shape index (κ1) is 63.8. The maximum atomic E-state index is 13.2. The summed E-state index contributed by atoms with van der Waals surface area (Å²) in [4.78, 5) is 26.2. The molecule has 0 aliphatic carbocycles. The van der Waals surface area contributed by atoms with E-state index in [-0.39, 0.29) is 24.9 Å². The molecule has 67 heavy (non-hydrogen) atoms. The van der Waals surface area contributed by atoms with Gasteiger partial charge in [0.2, 0.25) is 5.91 Å². The van der Waals surface area contributed by atoms with Gasteiger partial charge in [-0.1, -0.05) is 240 Å². The van der Waals surface area contributed by atoms with E-state index in [9.17, 15) is 19.8 Å². The first-order valence-electron chi connectivity index (χ1n) is 28.0. The molecule has 0 heterocycles. The third-order valence-electron chi connectivity index (χ3n) is 12.1. The fourth-order valence-electron chi connectivity index (χ4n) is 7.86. The molecule has 3 unspecified atom stereocenters. The van der Waals surface area contributed by atoms with Crippen LogP contribution in [0.2, 0.25) is 0 Å². The first-order chi connectivity index (χ1) is 33.0. The molecule has 0 aliphatic heterocycles. The first-order valence-corrected chi connectivity index (χ1v) is 28.0. The van der Waals surface area contributed by atoms with Crippen LogP contribution in [-0.2, 0) is 14.3 Å². The molecular weight excluding hydrogens is 827 g/mol. The molecule has 0 radical (unpaired) electrons. The van der Waals surface area contributed by atoms with Crippen molar-refractivity contribution in [3.63, 3.8) is 0 Å². The molecule has 0 aliphatic rings. The SMILES string of the molecule is CCCCC/C=C\C/C=C\C/C=C\C/C=C\CCCCCC(=O)OC(C/C=C\C/C=C\C/C=C\C/C=C\CCCCC)CC(=O)NC(CO)C(O)CCCCCCCCCCCCCCCC. The summed E-state index contributed by atoms with van der Waals surface area (Å²) in [5.41, 5.74) is 0. The highest BCUT2D eigenvalue weighted by Gasteiger charge is 2.23. The minimum absolute atomic E-state index is 0.0160. The van der Waals surface area contributed by atoms with Crippen LogP contribution in [0.25, 0.3) is 0 Å². The summed E-state index contributed by atoms with van der Waals surface area (Å²) >= 11 is 0. The van der Waals surface area contributed by atoms with Crippen molar-refractivity contribution in [1.29, 1.82) is 0 Å². The van der Waals surface area contributed by atoms with Crippen LogP contribution in [0.4, 0.5) is 0 Å². The number of aliphatic hydroxyl groups is 2. The van der Waals surface area contributed by atoms with Gasteiger partial charge in [0, 0.05) is 12.8 Å². The van der Waals surface area contributed by atoms with Crippen molar-refractivity contribution in [2.75, 3.05) is 6.61 Å². The predicted molar refractivity (Wildman–Crippen MR) is 291 cm³/mol. The molecule has 0 saturated carbocycles. The molecule has 0 spiro atoms. The predicted octanol–water partition coefficient (Wildman–Crippen LogP) is 17.3. The van der Waals surface area contributed by atoms with Crippen molar-refractivity contribution in [2.45, 2.75) is 270 Å². The number of allylic oxidation sites excluding steroid dienone is 15. The summed E-state index contributed by atoms with van der Waals surface area (Å²) in [6, 6.07) is -0.744. The Kier molecular flexibility index (Phi) is 51.1. The van der Waals surface area contributed by atoms with Gasteiger partial charge in [-0.25, -0.2) is 0 Å². The molecule has 3 N–H and O–H groups in total. The summed E-state index contributed by atoms with van der Waals surface area (Å²) in [6.07, 6.45) is 71.9. The zero-order valence-electron chi connectivity index (χ0n) is 43.8. The van der Waals surface area contributed by atoms with E-state index in [4.69, 9.17) is 4.74 Å². The van der Waals surface area contributed by atoms with Crippen molar-refractivity contribution < 1.29 is 24.5 Å². The fraction of sp³-hybridized carbons (Fsp3) is 0.705. The minimum atomic E-state index is -0.822. The molecule has 3 atom stereocenters. The molecule has 0 bridgehead atoms. The lowest BCUT2D eigenvalue weighted by Gasteiger charge is -2.24. The number of aliphatic hydroxyl groups excluding tert-OH is 2. The zero-order valence-corrected chi connectivity index (χ0v) is 43.8. The van der Waals surface area contributed by atoms with Crippen LogP contribution in [0.15, 0.2) is 97.2 Å². The highest BCUT2D eigenvalue weighted by molar-refractivity contribution is 5.77. The molecule has 6 heteroatoms. The van der Waals surface area contributed by atoms with E-state index >= 15 is 0 Å². The second-order valence-corrected chi connectivity index (χ2v) is 18.6. The lowest BCUT2D eigenvalue weighted by Crippen LogP contribution is -2.46. The summed E-state index contributed by atoms with van der Waals surface area (Å²) in [6.45, 7) is 6.40. The van der Waals surface area contributed by atoms with E-state index in [1.54, 1.807) is 0 Å². The highest BCUT2D eigenvalue weighted by atomic mass is 16.5. The van der Waals surface area contributed by atoms with Gasteiger partial charge in [-0.05, 0) is 89.9 Å². The van der Waals surface area contributed by atoms with Gasteiger partial charge in [-0.3, -0.25) is 9.59 Å². The molecule has 6 nitrogen and oxygen atoms in total. The molecule has 0 rings (SSSR count). The van der Waals surface area contributed by atoms with Gasteiger partial charge in [0.15, 0.2) is 0 Å². The lowest BCUT2D eigenvalue weighted by atomic mass is 10.0. The van der Waals surface area contributed by atoms with Crippen molar-refractivity contribution in [2.24, 2.45) is 0 Å². The summed E-state index contributed by atoms with van der Waals surface area (Å²) < 4.78 is 5.87. The Labute approximate surface area is 414 Å². The van der Waals surface area contributed by atoms with Crippen molar-refractivity contribution in [3.05, 3.63) is 97.2 Å². The summed E-state index contributed by atoms with van der Waals surface area (Å²) in [5.74, 6) is -0.616. The van der Waals surface area contributed by atoms with E-state index in [0.717, 1.165) is 83.5 Å². The monoisotopic (exact) mass is 932 g/mol. The molecule has 1 amide bonds. The number of hydrogen-bond acceptors (Lipinski definition) is 5. The van der Waals surface area contributed by atoms with Crippen LogP contribution < -0.4 is 5.32 Å². The highest BCUT2D eigenvalue weighted by Crippen LogP contribution is 2.16. The third kappa shape index (κ3) is 49.0. The molecule has 384 valence electrons. The molecule has 0 saturated heterocycles. The Balaban J connectivity index is 4.75. The van der Waals surface area contributed by atoms with Crippen LogP contribution in [0.1, 0.15) is 252 Å². The molecule has 0 aromatic rings. The number of hydrogen-bond donors (Lipinski definition) is 3. The number of nitrogens with one attached hydrogen (secondary N) is 1. The largest absolute Gasteiger partial charge is 0.461 e. The van der Waals surface area contributed by atoms with E-state index in [0.29, 0.717) is 19.3 Å². The Hall–Kier alpha value is -3.22. The Morgan fingerprint density at radius 1 is 0.448 bits per heavy atom. The number of esters is 1. The van der Waals surface area contributed by atoms with Gasteiger partial charge in [-0.15, -0.1) is 0 Å². The van der Waals surface area contributed by atoms with E-state index < -0.39 is 18.2 Å². The average molecular weight is 933 g/mol. The number of carbonyl (C=O) groups excluding carboxylic acids is 2. The maximum absolute atomic E-state index is 13.2. The Morgan fingerprint density at radius 2 is 0.791 bits per heavy atom. The number of amides is 1. The average Bonchev–Trinajstić information content (AvgIpc) is 3.32. The number of rotatable bonds is 49. The van der Waals surface area contributed by atoms with Crippen LogP contribution in [-0.4, -0.2) is 46.9 Å². The number of carbonyl (C=O) groups is 2. The molecule has 0 aromatic heterocycles. The molecule has 0 aromatic carbocycles. The van der Waals surface area contributed by atoms with E-state index in [1.165, 1.54) is 122 Å². The topological polar surface area (TPSA) is 95.9 Å². The van der Waals surface area contributed by atoms with Crippen LogP contribution in [0.5, 0.6) is 0 Å². The number of unbranched alkanes of at least 4 members (excludes halogenated alkanes) is 22. The number of ether oxygens (including phenoxy) is 1. The third-order valence-corrected chi connectivity index (χ3v) is 12.1. The quantitative estimate of drug-likeness (QED) is 0.0321. The second-order valence-electron chi connectivity index (χ2n) is 18.6. The Bertz CT molecular complexity index is 1320. The lowest BCUT2D eigenvalue weighted by molar-refractivity contribution is -0.150. The second kappa shape index (κ2) is 53.7. The fourth-order valence-corrected chi connectivity index (χ4v) is 7.86. The van der Waals surface area contributed by atoms with E-state index in [1.807, 2.05) is 12.2 Å². The minimum Gasteiger partial charge on any atom is -0.461 e. The van der Waals surface area contributed by atoms with Crippen molar-refractivity contribution in [1.82, 2.24) is 5.32 Å². The van der Waals surface area contributed by atoms with Gasteiger partial charge < -0.3 is 20.3 Å². The van der Waals surface area contributed by atoms with Crippen LogP contribution in [0, 0.1) is 0 Å². The normalized spacial score (nSPS) is 13.9. The van der Waals surface area contributed by atoms with Crippen molar-refractivity contribution >= 4 is 11.9 Å². The van der Waals surface area contributed by atoms with Gasteiger partial charge in [-0.2, -0.15) is 0 Å². The van der Waals surface area contributed by atoms with Crippen molar-refractivity contribution in [3.8, 4) is 0 Å². The summed E-state index contributed by atoms with van der Waals surface area (Å²) in [7, 11) is 0. The summed E-state index contributed by atoms with van der Waals surface area (Å²) in [5, 5.41) is 23.8. The Morgan fingerprint density at radius 3 is 1.21 bits per heavy atom. The molecular formula is C61H105NO5.